The second-order valence-corrected chi connectivity index (χ2v) is 13.3. The first-order valence-electron chi connectivity index (χ1n) is 17.4. The van der Waals surface area contributed by atoms with Gasteiger partial charge in [-0.2, -0.15) is 0 Å². The van der Waals surface area contributed by atoms with E-state index in [0.717, 1.165) is 81.3 Å². The number of likely N-dealkylation sites (N-methyl/N-ethyl adjacent to an activating group) is 1. The van der Waals surface area contributed by atoms with Crippen LogP contribution in [0.25, 0.3) is 0 Å². The van der Waals surface area contributed by atoms with Gasteiger partial charge in [0.1, 0.15) is 6.23 Å². The van der Waals surface area contributed by atoms with Crippen LogP contribution in [0.1, 0.15) is 60.8 Å². The molecule has 10 nitrogen and oxygen atoms in total. The molecule has 5 aliphatic rings. The SMILES string of the molecule is CCC1=C(C)C2=CC3=NC(=C(C)C3=CO)C=C3NC(=C(C)C4=NC(=CC1=N2)C(C)=C4)[C@@H](CCC(O)N(C)CCOCCOCCOC)[C@@H]3C. The second-order valence-electron chi connectivity index (χ2n) is 13.3. The molecule has 0 aliphatic carbocycles. The topological polar surface area (TPSA) is 121 Å². The molecule has 0 saturated carbocycles. The van der Waals surface area contributed by atoms with E-state index >= 15 is 0 Å². The molecule has 1 fully saturated rings. The number of nitrogens with zero attached hydrogens (tertiary/aromatic N) is 4. The maximum absolute atomic E-state index is 11.2. The molecule has 264 valence electrons. The molecule has 0 aromatic heterocycles. The lowest BCUT2D eigenvalue weighted by molar-refractivity contribution is -0.0172. The summed E-state index contributed by atoms with van der Waals surface area (Å²) >= 11 is 0. The predicted octanol–water partition coefficient (Wildman–Crippen LogP) is 6.24. The fourth-order valence-electron chi connectivity index (χ4n) is 6.90. The van der Waals surface area contributed by atoms with E-state index in [-0.39, 0.29) is 11.8 Å². The Morgan fingerprint density at radius 2 is 1.57 bits per heavy atom. The average molecular weight is 672 g/mol. The van der Waals surface area contributed by atoms with Crippen LogP contribution in [-0.4, -0.2) is 92.2 Å². The molecule has 5 rings (SSSR count). The first-order valence-corrected chi connectivity index (χ1v) is 17.4. The van der Waals surface area contributed by atoms with Gasteiger partial charge < -0.3 is 29.7 Å². The summed E-state index contributed by atoms with van der Waals surface area (Å²) in [4.78, 5) is 17.1. The maximum Gasteiger partial charge on any atom is 0.107 e. The van der Waals surface area contributed by atoms with Gasteiger partial charge in [-0.1, -0.05) is 13.8 Å². The third-order valence-electron chi connectivity index (χ3n) is 10.2. The van der Waals surface area contributed by atoms with E-state index < -0.39 is 6.23 Å². The molecule has 0 spiro atoms. The largest absolute Gasteiger partial charge is 0.515 e. The molecule has 0 radical (unpaired) electrons. The third kappa shape index (κ3) is 8.05. The van der Waals surface area contributed by atoms with Gasteiger partial charge in [0.15, 0.2) is 0 Å². The highest BCUT2D eigenvalue weighted by Gasteiger charge is 2.36. The van der Waals surface area contributed by atoms with Gasteiger partial charge in [-0.15, -0.1) is 0 Å². The van der Waals surface area contributed by atoms with Crippen molar-refractivity contribution in [3.05, 3.63) is 92.5 Å². The molecular weight excluding hydrogens is 618 g/mol. The van der Waals surface area contributed by atoms with Gasteiger partial charge in [-0.05, 0) is 106 Å². The Kier molecular flexibility index (Phi) is 12.2. The first-order chi connectivity index (χ1) is 23.6. The lowest BCUT2D eigenvalue weighted by Crippen LogP contribution is -2.35. The van der Waals surface area contributed by atoms with Crippen molar-refractivity contribution in [3.63, 3.8) is 0 Å². The van der Waals surface area contributed by atoms with E-state index in [4.69, 9.17) is 29.2 Å². The molecule has 3 N–H and O–H groups in total. The normalized spacial score (nSPS) is 23.6. The van der Waals surface area contributed by atoms with Crippen molar-refractivity contribution in [1.29, 1.82) is 0 Å². The van der Waals surface area contributed by atoms with Gasteiger partial charge in [0.2, 0.25) is 0 Å². The number of fused-ring (bicyclic) bond motifs is 5. The van der Waals surface area contributed by atoms with Crippen molar-refractivity contribution in [2.75, 3.05) is 53.7 Å². The molecule has 49 heavy (non-hydrogen) atoms. The van der Waals surface area contributed by atoms with Crippen molar-refractivity contribution in [2.24, 2.45) is 26.8 Å². The highest BCUT2D eigenvalue weighted by atomic mass is 16.5. The van der Waals surface area contributed by atoms with Gasteiger partial charge in [0, 0.05) is 42.5 Å². The molecule has 5 heterocycles. The standard InChI is InChI=1S/C39H53N5O5/c1-9-28-24(3)34-21-37-30(22-45)26(5)33(42-37)20-35-25(4)29(10-11-38(46)44(7)12-13-48-16-17-49-15-14-47-8)39(43-35)27(6)32-18-23(2)31(40-32)19-36(28)41-34/h18-22,25,29,38,43,45-46H,9-17H2,1-8H3/t25-,29-,38?/m0/s1. The summed E-state index contributed by atoms with van der Waals surface area (Å²) in [7, 11) is 3.58. The quantitative estimate of drug-likeness (QED) is 0.114. The van der Waals surface area contributed by atoms with Crippen molar-refractivity contribution >= 4 is 17.1 Å². The molecule has 0 aromatic carbocycles. The van der Waals surface area contributed by atoms with E-state index in [1.807, 2.05) is 24.9 Å². The number of aliphatic hydroxyl groups is 2. The van der Waals surface area contributed by atoms with E-state index in [0.29, 0.717) is 57.3 Å². The van der Waals surface area contributed by atoms with Crippen LogP contribution in [0, 0.1) is 11.8 Å². The molecule has 0 aromatic rings. The van der Waals surface area contributed by atoms with Crippen molar-refractivity contribution in [3.8, 4) is 0 Å². The summed E-state index contributed by atoms with van der Waals surface area (Å²) < 4.78 is 16.2. The Morgan fingerprint density at radius 1 is 0.878 bits per heavy atom. The predicted molar refractivity (Wildman–Crippen MR) is 197 cm³/mol. The van der Waals surface area contributed by atoms with Gasteiger partial charge >= 0.3 is 0 Å². The van der Waals surface area contributed by atoms with E-state index in [2.05, 4.69) is 58.2 Å². The number of hydrogen-bond donors (Lipinski definition) is 3. The average Bonchev–Trinajstić information content (AvgIpc) is 3.79. The molecule has 8 bridgehead atoms. The highest BCUT2D eigenvalue weighted by Crippen LogP contribution is 2.41. The minimum absolute atomic E-state index is 0.133. The van der Waals surface area contributed by atoms with Crippen LogP contribution in [-0.2, 0) is 14.2 Å². The third-order valence-corrected chi connectivity index (χ3v) is 10.2. The molecule has 5 aliphatic heterocycles. The van der Waals surface area contributed by atoms with E-state index in [9.17, 15) is 10.2 Å². The maximum atomic E-state index is 11.2. The monoisotopic (exact) mass is 671 g/mol. The molecular formula is C39H53N5O5. The lowest BCUT2D eigenvalue weighted by atomic mass is 9.86. The molecule has 3 atom stereocenters. The number of methoxy groups -OCH3 is 1. The Balaban J connectivity index is 1.42. The van der Waals surface area contributed by atoms with Gasteiger partial charge in [-0.3, -0.25) is 4.90 Å². The zero-order chi connectivity index (χ0) is 35.2. The Morgan fingerprint density at radius 3 is 2.29 bits per heavy atom. The second kappa shape index (κ2) is 16.4. The minimum Gasteiger partial charge on any atom is -0.515 e. The zero-order valence-corrected chi connectivity index (χ0v) is 30.4. The van der Waals surface area contributed by atoms with Gasteiger partial charge in [0.05, 0.1) is 73.5 Å². The van der Waals surface area contributed by atoms with Crippen LogP contribution < -0.4 is 5.32 Å². The summed E-state index contributed by atoms with van der Waals surface area (Å²) in [5.74, 6) is 0.272. The van der Waals surface area contributed by atoms with Crippen molar-refractivity contribution < 1.29 is 24.4 Å². The summed E-state index contributed by atoms with van der Waals surface area (Å²) in [6, 6.07) is 0. The number of allylic oxidation sites excluding steroid dienone is 12. The minimum atomic E-state index is -0.608. The summed E-state index contributed by atoms with van der Waals surface area (Å²) in [6.07, 6.45) is 11.1. The zero-order valence-electron chi connectivity index (χ0n) is 30.4. The number of hydrogen-bond acceptors (Lipinski definition) is 10. The number of aliphatic hydroxyl groups excluding tert-OH is 2. The van der Waals surface area contributed by atoms with Crippen LogP contribution in [0.15, 0.2) is 107 Å². The van der Waals surface area contributed by atoms with Crippen LogP contribution >= 0.6 is 0 Å². The van der Waals surface area contributed by atoms with Crippen LogP contribution in [0.2, 0.25) is 0 Å². The smallest absolute Gasteiger partial charge is 0.107 e. The molecule has 10 heteroatoms. The fourth-order valence-corrected chi connectivity index (χ4v) is 6.90. The number of aliphatic imine (C=N–C) groups is 3. The molecule has 1 saturated heterocycles. The summed E-state index contributed by atoms with van der Waals surface area (Å²) in [6.45, 7) is 16.0. The van der Waals surface area contributed by atoms with Gasteiger partial charge in [0.25, 0.3) is 0 Å². The van der Waals surface area contributed by atoms with Crippen LogP contribution in [0.4, 0.5) is 0 Å². The van der Waals surface area contributed by atoms with E-state index in [1.165, 1.54) is 5.57 Å². The molecule has 1 unspecified atom stereocenters. The molecule has 0 amide bonds. The first kappa shape index (κ1) is 36.6. The Labute approximate surface area is 291 Å². The number of ether oxygens (including phenoxy) is 3. The number of rotatable bonds is 14. The van der Waals surface area contributed by atoms with E-state index in [1.54, 1.807) is 7.11 Å². The Hall–Kier alpha value is -3.67. The summed E-state index contributed by atoms with van der Waals surface area (Å²) in [5, 5.41) is 25.2. The van der Waals surface area contributed by atoms with Gasteiger partial charge in [-0.25, -0.2) is 15.0 Å². The Bertz CT molecular complexity index is 1660. The lowest BCUT2D eigenvalue weighted by Gasteiger charge is -2.25. The van der Waals surface area contributed by atoms with Crippen LogP contribution in [0.5, 0.6) is 0 Å². The van der Waals surface area contributed by atoms with Crippen LogP contribution in [0.3, 0.4) is 0 Å². The fraction of sp³-hybridized carbons (Fsp3) is 0.513. The number of nitrogens with one attached hydrogen (secondary N) is 1. The van der Waals surface area contributed by atoms with Crippen molar-refractivity contribution in [1.82, 2.24) is 10.2 Å². The summed E-state index contributed by atoms with van der Waals surface area (Å²) in [5.41, 5.74) is 13.4. The highest BCUT2D eigenvalue weighted by molar-refractivity contribution is 6.18. The van der Waals surface area contributed by atoms with Crippen molar-refractivity contribution in [2.45, 2.75) is 67.0 Å².